The van der Waals surface area contributed by atoms with Crippen LogP contribution < -0.4 is 15.1 Å². The maximum atomic E-state index is 12.5. The molecule has 31 heavy (non-hydrogen) atoms. The van der Waals surface area contributed by atoms with E-state index in [0.717, 1.165) is 27.8 Å². The molecule has 1 saturated heterocycles. The molecule has 0 radical (unpaired) electrons. The first-order valence-electron chi connectivity index (χ1n) is 10.2. The third-order valence-corrected chi connectivity index (χ3v) is 5.38. The third-order valence-electron chi connectivity index (χ3n) is 5.38. The van der Waals surface area contributed by atoms with Gasteiger partial charge in [-0.3, -0.25) is 9.59 Å². The van der Waals surface area contributed by atoms with Crippen LogP contribution in [0.5, 0.6) is 5.75 Å². The summed E-state index contributed by atoms with van der Waals surface area (Å²) in [4.78, 5) is 28.5. The van der Waals surface area contributed by atoms with Crippen molar-refractivity contribution >= 4 is 34.5 Å². The zero-order valence-corrected chi connectivity index (χ0v) is 17.3. The van der Waals surface area contributed by atoms with Crippen molar-refractivity contribution in [1.29, 1.82) is 0 Å². The van der Waals surface area contributed by atoms with Gasteiger partial charge in [0, 0.05) is 31.7 Å². The molecule has 0 aliphatic carbocycles. The SMILES string of the molecule is COc1ccccc1N1CCN(C(=O)C(=O)N/N=C\c2cccc3ccccc23)CC1. The van der Waals surface area contributed by atoms with Gasteiger partial charge in [-0.15, -0.1) is 0 Å². The summed E-state index contributed by atoms with van der Waals surface area (Å²) in [6.45, 7) is 2.16. The lowest BCUT2D eigenvalue weighted by molar-refractivity contribution is -0.146. The Labute approximate surface area is 180 Å². The van der Waals surface area contributed by atoms with Crippen LogP contribution >= 0.6 is 0 Å². The average Bonchev–Trinajstić information content (AvgIpc) is 2.83. The Kier molecular flexibility index (Phi) is 6.12. The number of para-hydroxylation sites is 2. The highest BCUT2D eigenvalue weighted by molar-refractivity contribution is 6.35. The van der Waals surface area contributed by atoms with Crippen LogP contribution in [0.3, 0.4) is 0 Å². The minimum absolute atomic E-state index is 0.456. The molecule has 158 valence electrons. The van der Waals surface area contributed by atoms with Gasteiger partial charge in [-0.25, -0.2) is 5.43 Å². The van der Waals surface area contributed by atoms with Gasteiger partial charge in [-0.2, -0.15) is 5.10 Å². The van der Waals surface area contributed by atoms with Crippen molar-refractivity contribution < 1.29 is 14.3 Å². The molecule has 7 nitrogen and oxygen atoms in total. The van der Waals surface area contributed by atoms with E-state index in [2.05, 4.69) is 15.4 Å². The molecule has 3 aromatic carbocycles. The second-order valence-corrected chi connectivity index (χ2v) is 7.22. The van der Waals surface area contributed by atoms with Gasteiger partial charge in [0.05, 0.1) is 19.0 Å². The monoisotopic (exact) mass is 416 g/mol. The first kappa shape index (κ1) is 20.4. The molecule has 0 aromatic heterocycles. The summed E-state index contributed by atoms with van der Waals surface area (Å²) in [5.41, 5.74) is 4.22. The summed E-state index contributed by atoms with van der Waals surface area (Å²) in [6, 6.07) is 21.6. The van der Waals surface area contributed by atoms with Gasteiger partial charge in [0.2, 0.25) is 0 Å². The van der Waals surface area contributed by atoms with E-state index >= 15 is 0 Å². The van der Waals surface area contributed by atoms with E-state index in [1.165, 1.54) is 0 Å². The number of nitrogens with one attached hydrogen (secondary N) is 1. The molecule has 0 saturated carbocycles. The Balaban J connectivity index is 1.34. The number of hydrogen-bond donors (Lipinski definition) is 1. The Bertz CT molecular complexity index is 1120. The highest BCUT2D eigenvalue weighted by atomic mass is 16.5. The number of nitrogens with zero attached hydrogens (tertiary/aromatic N) is 3. The van der Waals surface area contributed by atoms with Gasteiger partial charge in [0.25, 0.3) is 0 Å². The van der Waals surface area contributed by atoms with Crippen molar-refractivity contribution in [2.75, 3.05) is 38.2 Å². The summed E-state index contributed by atoms with van der Waals surface area (Å²) in [7, 11) is 1.64. The number of benzene rings is 3. The fourth-order valence-electron chi connectivity index (χ4n) is 3.76. The van der Waals surface area contributed by atoms with Crippen molar-refractivity contribution in [3.05, 3.63) is 72.3 Å². The van der Waals surface area contributed by atoms with Crippen LogP contribution in [0, 0.1) is 0 Å². The van der Waals surface area contributed by atoms with Crippen molar-refractivity contribution in [1.82, 2.24) is 10.3 Å². The number of rotatable bonds is 4. The topological polar surface area (TPSA) is 74.2 Å². The van der Waals surface area contributed by atoms with Crippen molar-refractivity contribution in [3.63, 3.8) is 0 Å². The fraction of sp³-hybridized carbons (Fsp3) is 0.208. The van der Waals surface area contributed by atoms with Crippen LogP contribution in [0.15, 0.2) is 71.8 Å². The van der Waals surface area contributed by atoms with Crippen LogP contribution in [0.25, 0.3) is 10.8 Å². The number of ether oxygens (including phenoxy) is 1. The average molecular weight is 416 g/mol. The van der Waals surface area contributed by atoms with E-state index in [1.807, 2.05) is 66.7 Å². The molecule has 0 unspecified atom stereocenters. The first-order chi connectivity index (χ1) is 15.2. The molecule has 0 atom stereocenters. The molecule has 0 bridgehead atoms. The number of methoxy groups -OCH3 is 1. The molecule has 4 rings (SSSR count). The van der Waals surface area contributed by atoms with Gasteiger partial charge in [0.15, 0.2) is 0 Å². The normalized spacial score (nSPS) is 14.1. The third kappa shape index (κ3) is 4.50. The highest BCUT2D eigenvalue weighted by Gasteiger charge is 2.26. The van der Waals surface area contributed by atoms with Gasteiger partial charge in [-0.1, -0.05) is 54.6 Å². The van der Waals surface area contributed by atoms with E-state index in [1.54, 1.807) is 18.2 Å². The van der Waals surface area contributed by atoms with E-state index in [-0.39, 0.29) is 0 Å². The molecule has 7 heteroatoms. The highest BCUT2D eigenvalue weighted by Crippen LogP contribution is 2.28. The van der Waals surface area contributed by atoms with Gasteiger partial charge in [-0.05, 0) is 22.9 Å². The number of piperazine rings is 1. The molecule has 1 N–H and O–H groups in total. The van der Waals surface area contributed by atoms with Crippen LogP contribution in [-0.4, -0.2) is 56.2 Å². The standard InChI is InChI=1S/C24H24N4O3/c1-31-22-12-5-4-11-21(22)27-13-15-28(16-14-27)24(30)23(29)26-25-17-19-9-6-8-18-7-2-3-10-20(18)19/h2-12,17H,13-16H2,1H3,(H,26,29)/b25-17-. The van der Waals surface area contributed by atoms with E-state index in [4.69, 9.17) is 4.74 Å². The lowest BCUT2D eigenvalue weighted by Gasteiger charge is -2.36. The number of hydrazone groups is 1. The quantitative estimate of drug-likeness (QED) is 0.403. The minimum atomic E-state index is -0.734. The Morgan fingerprint density at radius 2 is 1.65 bits per heavy atom. The molecule has 1 aliphatic heterocycles. The molecule has 1 aliphatic rings. The van der Waals surface area contributed by atoms with E-state index < -0.39 is 11.8 Å². The Morgan fingerprint density at radius 3 is 2.45 bits per heavy atom. The minimum Gasteiger partial charge on any atom is -0.495 e. The van der Waals surface area contributed by atoms with Crippen LogP contribution in [0.4, 0.5) is 5.69 Å². The number of carbonyl (C=O) groups is 2. The number of hydrogen-bond acceptors (Lipinski definition) is 5. The second kappa shape index (κ2) is 9.30. The summed E-state index contributed by atoms with van der Waals surface area (Å²) in [5, 5.41) is 6.11. The predicted octanol–water partition coefficient (Wildman–Crippen LogP) is 2.65. The number of anilines is 1. The van der Waals surface area contributed by atoms with E-state index in [0.29, 0.717) is 26.2 Å². The summed E-state index contributed by atoms with van der Waals surface area (Å²) >= 11 is 0. The van der Waals surface area contributed by atoms with Gasteiger partial charge in [0.1, 0.15) is 5.75 Å². The predicted molar refractivity (Wildman–Crippen MR) is 121 cm³/mol. The Hall–Kier alpha value is -3.87. The summed E-state index contributed by atoms with van der Waals surface area (Å²) < 4.78 is 5.42. The maximum Gasteiger partial charge on any atom is 0.329 e. The summed E-state index contributed by atoms with van der Waals surface area (Å²) in [6.07, 6.45) is 1.56. The van der Waals surface area contributed by atoms with Crippen LogP contribution in [0.2, 0.25) is 0 Å². The first-order valence-corrected chi connectivity index (χ1v) is 10.2. The second-order valence-electron chi connectivity index (χ2n) is 7.22. The van der Waals surface area contributed by atoms with Crippen molar-refractivity contribution in [3.8, 4) is 5.75 Å². The van der Waals surface area contributed by atoms with Gasteiger partial charge >= 0.3 is 11.8 Å². The largest absolute Gasteiger partial charge is 0.495 e. The maximum absolute atomic E-state index is 12.5. The molecule has 1 heterocycles. The van der Waals surface area contributed by atoms with Crippen LogP contribution in [-0.2, 0) is 9.59 Å². The smallest absolute Gasteiger partial charge is 0.329 e. The fourth-order valence-corrected chi connectivity index (χ4v) is 3.76. The Morgan fingerprint density at radius 1 is 0.935 bits per heavy atom. The number of amides is 2. The zero-order chi connectivity index (χ0) is 21.6. The van der Waals surface area contributed by atoms with E-state index in [9.17, 15) is 9.59 Å². The van der Waals surface area contributed by atoms with Gasteiger partial charge < -0.3 is 14.5 Å². The summed E-state index contributed by atoms with van der Waals surface area (Å²) in [5.74, 6) is -0.514. The lowest BCUT2D eigenvalue weighted by Crippen LogP contribution is -2.52. The molecular weight excluding hydrogens is 392 g/mol. The number of fused-ring (bicyclic) bond motifs is 1. The lowest BCUT2D eigenvalue weighted by atomic mass is 10.1. The molecule has 2 amide bonds. The number of carbonyl (C=O) groups excluding carboxylic acids is 2. The molecular formula is C24H24N4O3. The van der Waals surface area contributed by atoms with Crippen molar-refractivity contribution in [2.24, 2.45) is 5.10 Å². The van der Waals surface area contributed by atoms with Crippen molar-refractivity contribution in [2.45, 2.75) is 0 Å². The zero-order valence-electron chi connectivity index (χ0n) is 17.3. The molecule has 1 fully saturated rings. The van der Waals surface area contributed by atoms with Crippen LogP contribution in [0.1, 0.15) is 5.56 Å². The molecule has 3 aromatic rings. The molecule has 0 spiro atoms.